The molecule has 0 bridgehead atoms. The van der Waals surface area contributed by atoms with E-state index in [2.05, 4.69) is 5.32 Å². The molecule has 1 aliphatic rings. The Hall–Kier alpha value is -2.28. The second-order valence-electron chi connectivity index (χ2n) is 3.92. The molecule has 0 aliphatic carbocycles. The summed E-state index contributed by atoms with van der Waals surface area (Å²) in [4.78, 5) is 22.1. The third-order valence-electron chi connectivity index (χ3n) is 2.55. The van der Waals surface area contributed by atoms with Crippen LogP contribution < -0.4 is 14.8 Å². The fraction of sp³-hybridized carbons (Fsp3) is 0.333. The van der Waals surface area contributed by atoms with Crippen LogP contribution in [0, 0.1) is 0 Å². The van der Waals surface area contributed by atoms with Crippen LogP contribution in [0.5, 0.6) is 11.5 Å². The Bertz CT molecular complexity index is 501. The molecule has 19 heavy (non-hydrogen) atoms. The number of benzene rings is 1. The summed E-state index contributed by atoms with van der Waals surface area (Å²) in [6, 6.07) is 4.66. The molecule has 0 aromatic heterocycles. The molecule has 0 spiro atoms. The van der Waals surface area contributed by atoms with Gasteiger partial charge < -0.3 is 25.0 Å². The number of aliphatic hydroxyl groups excluding tert-OH is 1. The minimum Gasteiger partial charge on any atom is -0.486 e. The van der Waals surface area contributed by atoms with Crippen LogP contribution in [0.1, 0.15) is 10.4 Å². The van der Waals surface area contributed by atoms with E-state index in [9.17, 15) is 9.59 Å². The van der Waals surface area contributed by atoms with Gasteiger partial charge in [-0.05, 0) is 18.2 Å². The Morgan fingerprint density at radius 2 is 1.95 bits per heavy atom. The van der Waals surface area contributed by atoms with Crippen molar-refractivity contribution in [1.29, 1.82) is 0 Å². The largest absolute Gasteiger partial charge is 0.486 e. The predicted octanol–water partition coefficient (Wildman–Crippen LogP) is -0.367. The van der Waals surface area contributed by atoms with Crippen molar-refractivity contribution in [2.24, 2.45) is 0 Å². The molecular formula is C12H13NO6. The highest BCUT2D eigenvalue weighted by molar-refractivity contribution is 5.95. The van der Waals surface area contributed by atoms with Gasteiger partial charge in [0.2, 0.25) is 0 Å². The molecule has 0 radical (unpaired) electrons. The number of nitrogens with one attached hydrogen (secondary N) is 1. The molecule has 1 aromatic rings. The first-order chi connectivity index (χ1) is 9.08. The van der Waals surface area contributed by atoms with Gasteiger partial charge in [-0.25, -0.2) is 4.79 Å². The van der Waals surface area contributed by atoms with E-state index in [4.69, 9.17) is 19.7 Å². The topological polar surface area (TPSA) is 105 Å². The van der Waals surface area contributed by atoms with E-state index in [1.54, 1.807) is 6.07 Å². The lowest BCUT2D eigenvalue weighted by molar-refractivity contribution is -0.146. The maximum atomic E-state index is 11.7. The van der Waals surface area contributed by atoms with Gasteiger partial charge in [-0.3, -0.25) is 4.79 Å². The van der Waals surface area contributed by atoms with Gasteiger partial charge in [0.25, 0.3) is 5.91 Å². The van der Waals surface area contributed by atoms with Gasteiger partial charge in [-0.1, -0.05) is 0 Å². The monoisotopic (exact) mass is 267 g/mol. The van der Waals surface area contributed by atoms with Gasteiger partial charge in [0, 0.05) is 5.56 Å². The van der Waals surface area contributed by atoms with Crippen LogP contribution in [-0.4, -0.2) is 48.0 Å². The van der Waals surface area contributed by atoms with Crippen molar-refractivity contribution < 1.29 is 29.3 Å². The highest BCUT2D eigenvalue weighted by atomic mass is 16.6. The van der Waals surface area contributed by atoms with Crippen molar-refractivity contribution in [3.8, 4) is 11.5 Å². The van der Waals surface area contributed by atoms with Crippen LogP contribution in [0.4, 0.5) is 0 Å². The highest BCUT2D eigenvalue weighted by Gasteiger charge is 2.17. The van der Waals surface area contributed by atoms with Crippen LogP contribution in [0.2, 0.25) is 0 Å². The third kappa shape index (κ3) is 3.14. The summed E-state index contributed by atoms with van der Waals surface area (Å²) >= 11 is 0. The molecule has 7 heteroatoms. The van der Waals surface area contributed by atoms with Crippen LogP contribution in [0.15, 0.2) is 18.2 Å². The zero-order valence-electron chi connectivity index (χ0n) is 9.96. The van der Waals surface area contributed by atoms with E-state index >= 15 is 0 Å². The van der Waals surface area contributed by atoms with Crippen LogP contribution in [0.3, 0.4) is 0 Å². The fourth-order valence-electron chi connectivity index (χ4n) is 1.56. The zero-order valence-corrected chi connectivity index (χ0v) is 9.96. The first-order valence-corrected chi connectivity index (χ1v) is 5.66. The second kappa shape index (κ2) is 5.57. The number of ether oxygens (including phenoxy) is 2. The summed E-state index contributed by atoms with van der Waals surface area (Å²) < 4.78 is 10.6. The number of fused-ring (bicyclic) bond motifs is 1. The SMILES string of the molecule is O=C(NC[C@H](O)C(=O)O)c1ccc2c(c1)OCCO2. The standard InChI is InChI=1S/C12H13NO6/c14-8(12(16)17)6-13-11(15)7-1-2-9-10(5-7)19-4-3-18-9/h1-2,5,8,14H,3-4,6H2,(H,13,15)(H,16,17)/t8-/m0/s1. The summed E-state index contributed by atoms with van der Waals surface area (Å²) in [6.45, 7) is 0.516. The number of carbonyl (C=O) groups excluding carboxylic acids is 1. The summed E-state index contributed by atoms with van der Waals surface area (Å²) in [5, 5.41) is 19.9. The van der Waals surface area contributed by atoms with E-state index in [0.717, 1.165) is 0 Å². The van der Waals surface area contributed by atoms with Crippen molar-refractivity contribution >= 4 is 11.9 Å². The smallest absolute Gasteiger partial charge is 0.334 e. The first kappa shape index (κ1) is 13.2. The Morgan fingerprint density at radius 3 is 2.63 bits per heavy atom. The molecule has 1 heterocycles. The Balaban J connectivity index is 2.01. The average molecular weight is 267 g/mol. The Kier molecular flexibility index (Phi) is 3.86. The summed E-state index contributed by atoms with van der Waals surface area (Å²) in [7, 11) is 0. The maximum absolute atomic E-state index is 11.7. The lowest BCUT2D eigenvalue weighted by Gasteiger charge is -2.18. The molecule has 0 saturated carbocycles. The number of aliphatic carboxylic acids is 1. The predicted molar refractivity (Wildman–Crippen MR) is 63.4 cm³/mol. The molecule has 1 amide bonds. The molecule has 0 saturated heterocycles. The van der Waals surface area contributed by atoms with E-state index in [1.165, 1.54) is 12.1 Å². The zero-order chi connectivity index (χ0) is 13.8. The quantitative estimate of drug-likeness (QED) is 0.687. The number of rotatable bonds is 4. The van der Waals surface area contributed by atoms with Crippen molar-refractivity contribution in [2.45, 2.75) is 6.10 Å². The van der Waals surface area contributed by atoms with E-state index in [-0.39, 0.29) is 6.54 Å². The number of carboxylic acid groups (broad SMARTS) is 1. The number of hydrogen-bond acceptors (Lipinski definition) is 5. The minimum absolute atomic E-state index is 0.307. The second-order valence-corrected chi connectivity index (χ2v) is 3.92. The maximum Gasteiger partial charge on any atom is 0.334 e. The molecule has 1 atom stereocenters. The van der Waals surface area contributed by atoms with Gasteiger partial charge in [0.15, 0.2) is 17.6 Å². The minimum atomic E-state index is -1.62. The Labute approximate surface area is 108 Å². The van der Waals surface area contributed by atoms with Crippen molar-refractivity contribution in [3.05, 3.63) is 23.8 Å². The van der Waals surface area contributed by atoms with Crippen LogP contribution >= 0.6 is 0 Å². The van der Waals surface area contributed by atoms with Crippen molar-refractivity contribution in [1.82, 2.24) is 5.32 Å². The number of carbonyl (C=O) groups is 2. The van der Waals surface area contributed by atoms with Crippen molar-refractivity contribution in [2.75, 3.05) is 19.8 Å². The molecule has 102 valence electrons. The van der Waals surface area contributed by atoms with E-state index < -0.39 is 18.0 Å². The molecule has 0 unspecified atom stereocenters. The van der Waals surface area contributed by atoms with Gasteiger partial charge in [-0.2, -0.15) is 0 Å². The number of aliphatic hydroxyl groups is 1. The molecule has 1 aromatic carbocycles. The lowest BCUT2D eigenvalue weighted by Crippen LogP contribution is -2.36. The van der Waals surface area contributed by atoms with Crippen molar-refractivity contribution in [3.63, 3.8) is 0 Å². The summed E-state index contributed by atoms with van der Waals surface area (Å²) in [5.74, 6) is -0.842. The van der Waals surface area contributed by atoms with Gasteiger partial charge >= 0.3 is 5.97 Å². The average Bonchev–Trinajstić information content (AvgIpc) is 2.43. The number of carboxylic acids is 1. The van der Waals surface area contributed by atoms with E-state index in [0.29, 0.717) is 30.3 Å². The number of amides is 1. The summed E-state index contributed by atoms with van der Waals surface area (Å²) in [5.41, 5.74) is 0.307. The summed E-state index contributed by atoms with van der Waals surface area (Å²) in [6.07, 6.45) is -1.62. The molecule has 0 fully saturated rings. The molecule has 2 rings (SSSR count). The number of hydrogen-bond donors (Lipinski definition) is 3. The molecule has 1 aliphatic heterocycles. The lowest BCUT2D eigenvalue weighted by atomic mass is 10.1. The van der Waals surface area contributed by atoms with Gasteiger partial charge in [-0.15, -0.1) is 0 Å². The fourth-order valence-corrected chi connectivity index (χ4v) is 1.56. The third-order valence-corrected chi connectivity index (χ3v) is 2.55. The first-order valence-electron chi connectivity index (χ1n) is 5.66. The normalized spacial score (nSPS) is 14.6. The van der Waals surface area contributed by atoms with Crippen LogP contribution in [-0.2, 0) is 4.79 Å². The molecule has 3 N–H and O–H groups in total. The van der Waals surface area contributed by atoms with Gasteiger partial charge in [0.1, 0.15) is 13.2 Å². The highest BCUT2D eigenvalue weighted by Crippen LogP contribution is 2.30. The van der Waals surface area contributed by atoms with Gasteiger partial charge in [0.05, 0.1) is 6.54 Å². The Morgan fingerprint density at radius 1 is 1.26 bits per heavy atom. The molecule has 7 nitrogen and oxygen atoms in total. The molecular weight excluding hydrogens is 254 g/mol. The van der Waals surface area contributed by atoms with Crippen LogP contribution in [0.25, 0.3) is 0 Å². The van der Waals surface area contributed by atoms with E-state index in [1.807, 2.05) is 0 Å².